The van der Waals surface area contributed by atoms with E-state index in [1.54, 1.807) is 12.1 Å². The third-order valence-corrected chi connectivity index (χ3v) is 3.86. The number of urea groups is 1. The second kappa shape index (κ2) is 5.40. The normalized spacial score (nSPS) is 16.5. The molecule has 5 heteroatoms. The Labute approximate surface area is 104 Å². The van der Waals surface area contributed by atoms with Crippen LogP contribution in [0.2, 0.25) is 0 Å². The van der Waals surface area contributed by atoms with E-state index in [1.807, 2.05) is 0 Å². The highest BCUT2D eigenvalue weighted by atomic mass is 32.2. The van der Waals surface area contributed by atoms with Gasteiger partial charge in [-0.3, -0.25) is 4.72 Å². The van der Waals surface area contributed by atoms with E-state index in [-0.39, 0.29) is 11.1 Å². The molecule has 0 bridgehead atoms. The van der Waals surface area contributed by atoms with Crippen molar-refractivity contribution in [1.82, 2.24) is 4.72 Å². The Balaban J connectivity index is 2.02. The number of benzene rings is 1. The van der Waals surface area contributed by atoms with Crippen molar-refractivity contribution < 1.29 is 9.18 Å². The monoisotopic (exact) mass is 254 g/mol. The van der Waals surface area contributed by atoms with Gasteiger partial charge in [-0.2, -0.15) is 0 Å². The zero-order valence-electron chi connectivity index (χ0n) is 9.36. The molecule has 0 unspecified atom stereocenters. The molecule has 1 aliphatic carbocycles. The van der Waals surface area contributed by atoms with Crippen LogP contribution in [0.1, 0.15) is 30.1 Å². The molecular weight excluding hydrogens is 239 g/mol. The van der Waals surface area contributed by atoms with Gasteiger partial charge in [0.05, 0.1) is 0 Å². The Morgan fingerprint density at radius 1 is 1.47 bits per heavy atom. The molecule has 0 radical (unpaired) electrons. The number of hydrogen-bond donors (Lipinski definition) is 2. The van der Waals surface area contributed by atoms with Crippen molar-refractivity contribution in [3.63, 3.8) is 0 Å². The zero-order valence-corrected chi connectivity index (χ0v) is 10.2. The van der Waals surface area contributed by atoms with Gasteiger partial charge in [-0.1, -0.05) is 25.0 Å². The van der Waals surface area contributed by atoms with Gasteiger partial charge in [0.2, 0.25) is 0 Å². The van der Waals surface area contributed by atoms with Crippen molar-refractivity contribution in [2.45, 2.75) is 24.5 Å². The second-order valence-electron chi connectivity index (χ2n) is 4.30. The van der Waals surface area contributed by atoms with E-state index in [4.69, 9.17) is 5.73 Å². The van der Waals surface area contributed by atoms with Crippen molar-refractivity contribution in [2.24, 2.45) is 11.7 Å². The third kappa shape index (κ3) is 3.93. The van der Waals surface area contributed by atoms with Crippen LogP contribution in [0.3, 0.4) is 0 Å². The molecule has 17 heavy (non-hydrogen) atoms. The van der Waals surface area contributed by atoms with Gasteiger partial charge in [-0.25, -0.2) is 9.18 Å². The fraction of sp³-hybridized carbons (Fsp3) is 0.417. The zero-order chi connectivity index (χ0) is 12.3. The summed E-state index contributed by atoms with van der Waals surface area (Å²) in [6.45, 7) is 0. The molecule has 0 spiro atoms. The summed E-state index contributed by atoms with van der Waals surface area (Å²) in [5.41, 5.74) is 6.08. The van der Waals surface area contributed by atoms with Crippen LogP contribution in [-0.4, -0.2) is 6.03 Å². The Morgan fingerprint density at radius 2 is 2.12 bits per heavy atom. The minimum Gasteiger partial charge on any atom is -0.351 e. The number of primary amides is 1. The summed E-state index contributed by atoms with van der Waals surface area (Å²) in [5.74, 6) is 0.485. The molecule has 2 amide bonds. The minimum absolute atomic E-state index is 0.149. The Bertz CT molecular complexity index is 392. The van der Waals surface area contributed by atoms with Crippen molar-refractivity contribution in [3.8, 4) is 0 Å². The quantitative estimate of drug-likeness (QED) is 0.794. The summed E-state index contributed by atoms with van der Waals surface area (Å²) < 4.78 is 15.4. The number of nitrogens with two attached hydrogens (primary N) is 1. The number of carbonyl (C=O) groups excluding carboxylic acids is 1. The van der Waals surface area contributed by atoms with Crippen LogP contribution in [0, 0.1) is 11.7 Å². The summed E-state index contributed by atoms with van der Waals surface area (Å²) in [6, 6.07) is 5.87. The first kappa shape index (κ1) is 12.2. The van der Waals surface area contributed by atoms with Gasteiger partial charge in [0, 0.05) is 5.25 Å². The molecule has 0 aliphatic heterocycles. The maximum Gasteiger partial charge on any atom is 0.322 e. The number of amides is 2. The van der Waals surface area contributed by atoms with Crippen LogP contribution < -0.4 is 10.5 Å². The predicted octanol–water partition coefficient (Wildman–Crippen LogP) is 2.98. The highest BCUT2D eigenvalue weighted by molar-refractivity contribution is 7.98. The number of rotatable bonds is 5. The SMILES string of the molecule is NC(=O)NS[C@@H](CC1CC1)c1ccc(F)cc1. The Hall–Kier alpha value is -1.23. The lowest BCUT2D eigenvalue weighted by atomic mass is 10.1. The first-order valence-electron chi connectivity index (χ1n) is 5.61. The number of carbonyl (C=O) groups is 1. The van der Waals surface area contributed by atoms with Crippen molar-refractivity contribution >= 4 is 18.0 Å². The average molecular weight is 254 g/mol. The first-order valence-corrected chi connectivity index (χ1v) is 6.49. The fourth-order valence-corrected chi connectivity index (χ4v) is 2.64. The van der Waals surface area contributed by atoms with E-state index in [9.17, 15) is 9.18 Å². The molecule has 3 N–H and O–H groups in total. The lowest BCUT2D eigenvalue weighted by molar-refractivity contribution is 0.254. The van der Waals surface area contributed by atoms with Gasteiger partial charge in [-0.15, -0.1) is 0 Å². The van der Waals surface area contributed by atoms with Gasteiger partial charge in [-0.05, 0) is 42.0 Å². The lowest BCUT2D eigenvalue weighted by Crippen LogP contribution is -2.24. The maximum atomic E-state index is 12.8. The molecule has 0 aromatic heterocycles. The van der Waals surface area contributed by atoms with E-state index in [1.165, 1.54) is 36.9 Å². The van der Waals surface area contributed by atoms with E-state index in [2.05, 4.69) is 4.72 Å². The molecular formula is C12H15FN2OS. The number of nitrogens with one attached hydrogen (secondary N) is 1. The molecule has 0 saturated heterocycles. The topological polar surface area (TPSA) is 55.1 Å². The smallest absolute Gasteiger partial charge is 0.322 e. The van der Waals surface area contributed by atoms with E-state index in [0.29, 0.717) is 0 Å². The van der Waals surface area contributed by atoms with Crippen LogP contribution in [0.5, 0.6) is 0 Å². The largest absolute Gasteiger partial charge is 0.351 e. The molecule has 1 aromatic rings. The Kier molecular flexibility index (Phi) is 3.89. The molecule has 1 atom stereocenters. The van der Waals surface area contributed by atoms with Crippen LogP contribution >= 0.6 is 11.9 Å². The standard InChI is InChI=1S/C12H15FN2OS/c13-10-5-3-9(4-6-10)11(7-8-1-2-8)17-15-12(14)16/h3-6,8,11H,1-2,7H2,(H3,14,15,16)/t11-/m0/s1. The Morgan fingerprint density at radius 3 is 2.65 bits per heavy atom. The van der Waals surface area contributed by atoms with E-state index >= 15 is 0 Å². The molecule has 2 rings (SSSR count). The minimum atomic E-state index is -0.544. The maximum absolute atomic E-state index is 12.8. The fourth-order valence-electron chi connectivity index (χ4n) is 1.72. The molecule has 1 aliphatic rings. The highest BCUT2D eigenvalue weighted by Gasteiger charge is 2.27. The second-order valence-corrected chi connectivity index (χ2v) is 5.31. The van der Waals surface area contributed by atoms with Gasteiger partial charge >= 0.3 is 6.03 Å². The van der Waals surface area contributed by atoms with Crippen molar-refractivity contribution in [3.05, 3.63) is 35.6 Å². The summed E-state index contributed by atoms with van der Waals surface area (Å²) in [6.07, 6.45) is 3.49. The molecule has 3 nitrogen and oxygen atoms in total. The molecule has 1 aromatic carbocycles. The highest BCUT2D eigenvalue weighted by Crippen LogP contribution is 2.42. The summed E-state index contributed by atoms with van der Waals surface area (Å²) in [4.78, 5) is 10.7. The third-order valence-electron chi connectivity index (χ3n) is 2.79. The molecule has 1 saturated carbocycles. The van der Waals surface area contributed by atoms with Crippen LogP contribution in [-0.2, 0) is 0 Å². The molecule has 0 heterocycles. The van der Waals surface area contributed by atoms with Crippen LogP contribution in [0.4, 0.5) is 9.18 Å². The summed E-state index contributed by atoms with van der Waals surface area (Å²) >= 11 is 1.31. The predicted molar refractivity (Wildman–Crippen MR) is 66.8 cm³/mol. The van der Waals surface area contributed by atoms with E-state index in [0.717, 1.165) is 17.9 Å². The van der Waals surface area contributed by atoms with Crippen molar-refractivity contribution in [2.75, 3.05) is 0 Å². The van der Waals surface area contributed by atoms with E-state index < -0.39 is 6.03 Å². The molecule has 92 valence electrons. The van der Waals surface area contributed by atoms with Crippen LogP contribution in [0.15, 0.2) is 24.3 Å². The average Bonchev–Trinajstić information content (AvgIpc) is 3.09. The van der Waals surface area contributed by atoms with Gasteiger partial charge < -0.3 is 5.73 Å². The van der Waals surface area contributed by atoms with Gasteiger partial charge in [0.15, 0.2) is 0 Å². The molecule has 1 fully saturated rings. The first-order chi connectivity index (χ1) is 8.15. The summed E-state index contributed by atoms with van der Waals surface area (Å²) in [5, 5.41) is 0.149. The summed E-state index contributed by atoms with van der Waals surface area (Å²) in [7, 11) is 0. The lowest BCUT2D eigenvalue weighted by Gasteiger charge is -2.16. The van der Waals surface area contributed by atoms with Gasteiger partial charge in [0.25, 0.3) is 0 Å². The van der Waals surface area contributed by atoms with Gasteiger partial charge in [0.1, 0.15) is 5.82 Å². The number of halogens is 1. The van der Waals surface area contributed by atoms with Crippen LogP contribution in [0.25, 0.3) is 0 Å². The number of hydrogen-bond acceptors (Lipinski definition) is 2. The van der Waals surface area contributed by atoms with Crippen molar-refractivity contribution in [1.29, 1.82) is 0 Å².